The summed E-state index contributed by atoms with van der Waals surface area (Å²) in [6.07, 6.45) is 4.19. The van der Waals surface area contributed by atoms with Crippen molar-refractivity contribution in [3.05, 3.63) is 45.7 Å². The van der Waals surface area contributed by atoms with Crippen molar-refractivity contribution in [3.8, 4) is 20.5 Å². The zero-order valence-electron chi connectivity index (χ0n) is 15.7. The van der Waals surface area contributed by atoms with E-state index in [4.69, 9.17) is 0 Å². The molecule has 1 amide bonds. The molecule has 1 aliphatic rings. The maximum atomic E-state index is 12.2. The summed E-state index contributed by atoms with van der Waals surface area (Å²) in [7, 11) is 0. The van der Waals surface area contributed by atoms with Gasteiger partial charge in [0.15, 0.2) is 0 Å². The van der Waals surface area contributed by atoms with Gasteiger partial charge in [0.1, 0.15) is 10.7 Å². The van der Waals surface area contributed by atoms with Gasteiger partial charge in [-0.25, -0.2) is 9.67 Å². The minimum atomic E-state index is -0.167. The molecule has 0 saturated heterocycles. The molecule has 1 N–H and O–H groups in total. The molecule has 4 rings (SSSR count). The molecule has 146 valence electrons. The van der Waals surface area contributed by atoms with E-state index in [-0.39, 0.29) is 17.4 Å². The van der Waals surface area contributed by atoms with Crippen molar-refractivity contribution < 1.29 is 4.79 Å². The Morgan fingerprint density at radius 3 is 2.86 bits per heavy atom. The average Bonchev–Trinajstić information content (AvgIpc) is 3.45. The minimum Gasteiger partial charge on any atom is -0.354 e. The molecule has 0 spiro atoms. The van der Waals surface area contributed by atoms with Gasteiger partial charge in [-0.2, -0.15) is 5.10 Å². The molecule has 0 radical (unpaired) electrons. The predicted molar refractivity (Wildman–Crippen MR) is 113 cm³/mol. The second-order valence-corrected chi connectivity index (χ2v) is 8.91. The Bertz CT molecular complexity index is 1020. The van der Waals surface area contributed by atoms with Gasteiger partial charge >= 0.3 is 0 Å². The van der Waals surface area contributed by atoms with Gasteiger partial charge in [-0.05, 0) is 37.3 Å². The fraction of sp³-hybridized carbons (Fsp3) is 0.400. The average molecular weight is 415 g/mol. The van der Waals surface area contributed by atoms with Crippen molar-refractivity contribution in [2.75, 3.05) is 6.54 Å². The van der Waals surface area contributed by atoms with E-state index in [1.807, 2.05) is 24.4 Å². The van der Waals surface area contributed by atoms with Crippen LogP contribution in [0.15, 0.2) is 34.4 Å². The molecule has 8 heteroatoms. The largest absolute Gasteiger partial charge is 0.354 e. The minimum absolute atomic E-state index is 0.0978. The Balaban J connectivity index is 1.48. The van der Waals surface area contributed by atoms with Crippen molar-refractivity contribution in [1.29, 1.82) is 0 Å². The molecule has 0 aliphatic heterocycles. The molecular weight excluding hydrogens is 392 g/mol. The second-order valence-electron chi connectivity index (χ2n) is 6.96. The van der Waals surface area contributed by atoms with Gasteiger partial charge in [0.05, 0.1) is 22.0 Å². The number of nitrogens with zero attached hydrogens (tertiary/aromatic N) is 3. The van der Waals surface area contributed by atoms with Crippen molar-refractivity contribution in [1.82, 2.24) is 20.1 Å². The highest BCUT2D eigenvalue weighted by molar-refractivity contribution is 7.23. The van der Waals surface area contributed by atoms with E-state index in [0.29, 0.717) is 13.1 Å². The number of thiazole rings is 1. The third-order valence-corrected chi connectivity index (χ3v) is 7.20. The van der Waals surface area contributed by atoms with Crippen LogP contribution < -0.4 is 10.9 Å². The van der Waals surface area contributed by atoms with Crippen LogP contribution in [-0.4, -0.2) is 27.2 Å². The lowest BCUT2D eigenvalue weighted by molar-refractivity contribution is -0.124. The van der Waals surface area contributed by atoms with Crippen molar-refractivity contribution in [2.45, 2.75) is 39.2 Å². The fourth-order valence-corrected chi connectivity index (χ4v) is 5.32. The third-order valence-electron chi connectivity index (χ3n) is 4.98. The predicted octanol–water partition coefficient (Wildman–Crippen LogP) is 3.71. The molecule has 0 aromatic carbocycles. The number of rotatable bonds is 6. The highest BCUT2D eigenvalue weighted by Crippen LogP contribution is 2.35. The van der Waals surface area contributed by atoms with E-state index in [1.165, 1.54) is 10.7 Å². The van der Waals surface area contributed by atoms with Crippen LogP contribution in [0.4, 0.5) is 0 Å². The summed E-state index contributed by atoms with van der Waals surface area (Å²) in [5.74, 6) is 0.229. The smallest absolute Gasteiger partial charge is 0.266 e. The van der Waals surface area contributed by atoms with Crippen LogP contribution in [0.25, 0.3) is 20.5 Å². The van der Waals surface area contributed by atoms with Gasteiger partial charge in [0, 0.05) is 18.5 Å². The van der Waals surface area contributed by atoms with E-state index in [2.05, 4.69) is 15.4 Å². The Morgan fingerprint density at radius 1 is 1.29 bits per heavy atom. The molecule has 6 nitrogen and oxygen atoms in total. The monoisotopic (exact) mass is 414 g/mol. The van der Waals surface area contributed by atoms with Crippen LogP contribution in [0.2, 0.25) is 0 Å². The van der Waals surface area contributed by atoms with Crippen LogP contribution in [0.1, 0.15) is 31.4 Å². The number of aromatic nitrogens is 3. The normalized spacial score (nSPS) is 14.5. The molecule has 1 fully saturated rings. The highest BCUT2D eigenvalue weighted by atomic mass is 32.1. The van der Waals surface area contributed by atoms with Crippen LogP contribution in [0.5, 0.6) is 0 Å². The number of carbonyl (C=O) groups excluding carboxylic acids is 1. The van der Waals surface area contributed by atoms with E-state index in [0.717, 1.165) is 51.8 Å². The first kappa shape index (κ1) is 19.0. The molecule has 0 atom stereocenters. The van der Waals surface area contributed by atoms with Crippen molar-refractivity contribution in [2.24, 2.45) is 5.92 Å². The first-order valence-electron chi connectivity index (χ1n) is 9.49. The Labute approximate surface area is 171 Å². The summed E-state index contributed by atoms with van der Waals surface area (Å²) in [6, 6.07) is 7.34. The zero-order valence-corrected chi connectivity index (χ0v) is 17.3. The molecular formula is C20H22N4O2S2. The lowest BCUT2D eigenvalue weighted by atomic mass is 10.1. The molecule has 28 heavy (non-hydrogen) atoms. The van der Waals surface area contributed by atoms with Crippen molar-refractivity contribution in [3.63, 3.8) is 0 Å². The zero-order chi connectivity index (χ0) is 19.5. The standard InChI is InChI=1S/C20H22N4O2S2/c1-13-18(28-20(22-13)16-7-4-12-27-16)15-8-9-17(25)24(23-15)11-10-21-19(26)14-5-2-3-6-14/h4,7-9,12,14H,2-3,5-6,10-11H2,1H3,(H,21,26). The second kappa shape index (κ2) is 8.36. The number of thiophene rings is 1. The Hall–Kier alpha value is -2.32. The maximum Gasteiger partial charge on any atom is 0.266 e. The van der Waals surface area contributed by atoms with Gasteiger partial charge in [0.2, 0.25) is 5.91 Å². The SMILES string of the molecule is Cc1nc(-c2cccs2)sc1-c1ccc(=O)n(CCNC(=O)C2CCCC2)n1. The van der Waals surface area contributed by atoms with Crippen LogP contribution >= 0.6 is 22.7 Å². The van der Waals surface area contributed by atoms with Gasteiger partial charge in [-0.3, -0.25) is 9.59 Å². The topological polar surface area (TPSA) is 76.9 Å². The quantitative estimate of drug-likeness (QED) is 0.667. The number of hydrogen-bond acceptors (Lipinski definition) is 6. The third kappa shape index (κ3) is 4.07. The highest BCUT2D eigenvalue weighted by Gasteiger charge is 2.22. The summed E-state index contributed by atoms with van der Waals surface area (Å²) < 4.78 is 1.42. The molecule has 0 bridgehead atoms. The molecule has 0 unspecified atom stereocenters. The van der Waals surface area contributed by atoms with E-state index < -0.39 is 0 Å². The molecule has 3 heterocycles. The van der Waals surface area contributed by atoms with Crippen LogP contribution in [0, 0.1) is 12.8 Å². The van der Waals surface area contributed by atoms with Gasteiger partial charge < -0.3 is 5.32 Å². The van der Waals surface area contributed by atoms with Gasteiger partial charge in [-0.1, -0.05) is 18.9 Å². The number of amides is 1. The van der Waals surface area contributed by atoms with E-state index in [1.54, 1.807) is 28.7 Å². The molecule has 3 aromatic rings. The summed E-state index contributed by atoms with van der Waals surface area (Å²) in [4.78, 5) is 31.1. The van der Waals surface area contributed by atoms with E-state index in [9.17, 15) is 9.59 Å². The Morgan fingerprint density at radius 2 is 2.11 bits per heavy atom. The van der Waals surface area contributed by atoms with E-state index >= 15 is 0 Å². The number of aryl methyl sites for hydroxylation is 1. The number of hydrogen-bond donors (Lipinski definition) is 1. The Kier molecular flexibility index (Phi) is 5.68. The lowest BCUT2D eigenvalue weighted by Gasteiger charge is -2.11. The molecule has 1 saturated carbocycles. The number of carbonyl (C=O) groups is 1. The first-order valence-corrected chi connectivity index (χ1v) is 11.2. The molecule has 3 aromatic heterocycles. The molecule has 1 aliphatic carbocycles. The summed E-state index contributed by atoms with van der Waals surface area (Å²) in [5, 5.41) is 10.5. The fourth-order valence-electron chi connectivity index (χ4n) is 3.49. The number of nitrogens with one attached hydrogen (secondary N) is 1. The van der Waals surface area contributed by atoms with Gasteiger partial charge in [0.25, 0.3) is 5.56 Å². The van der Waals surface area contributed by atoms with Gasteiger partial charge in [-0.15, -0.1) is 22.7 Å². The first-order chi connectivity index (χ1) is 13.6. The summed E-state index contributed by atoms with van der Waals surface area (Å²) >= 11 is 3.24. The maximum absolute atomic E-state index is 12.2. The van der Waals surface area contributed by atoms with Crippen LogP contribution in [0.3, 0.4) is 0 Å². The van der Waals surface area contributed by atoms with Crippen LogP contribution in [-0.2, 0) is 11.3 Å². The lowest BCUT2D eigenvalue weighted by Crippen LogP contribution is -2.34. The summed E-state index contributed by atoms with van der Waals surface area (Å²) in [6.45, 7) is 2.73. The summed E-state index contributed by atoms with van der Waals surface area (Å²) in [5.41, 5.74) is 1.47. The van der Waals surface area contributed by atoms with Crippen molar-refractivity contribution >= 4 is 28.6 Å².